The molecule has 0 fully saturated rings. The van der Waals surface area contributed by atoms with Crippen LogP contribution in [0.4, 0.5) is 5.82 Å². The molecule has 96 valence electrons. The number of anilines is 1. The minimum Gasteiger partial charge on any atom is -0.382 e. The predicted octanol–water partition coefficient (Wildman–Crippen LogP) is 4.46. The molecule has 3 rings (SSSR count). The quantitative estimate of drug-likeness (QED) is 0.727. The highest BCUT2D eigenvalue weighted by Crippen LogP contribution is 2.38. The summed E-state index contributed by atoms with van der Waals surface area (Å²) in [5, 5.41) is 9.22. The number of nitrogens with one attached hydrogen (secondary N) is 1. The van der Waals surface area contributed by atoms with Gasteiger partial charge >= 0.3 is 0 Å². The molecule has 19 heavy (non-hydrogen) atoms. The van der Waals surface area contributed by atoms with E-state index in [0.717, 1.165) is 26.2 Å². The molecular weight excluding hydrogens is 322 g/mol. The minimum absolute atomic E-state index is 0.536. The van der Waals surface area contributed by atoms with Gasteiger partial charge in [0.15, 0.2) is 5.82 Å². The van der Waals surface area contributed by atoms with Crippen LogP contribution in [0.1, 0.15) is 5.56 Å². The van der Waals surface area contributed by atoms with Crippen LogP contribution in [-0.4, -0.2) is 10.2 Å². The fourth-order valence-corrected chi connectivity index (χ4v) is 3.15. The number of thiophene rings is 1. The topological polar surface area (TPSA) is 54.7 Å². The Labute approximate surface area is 123 Å². The molecule has 0 spiro atoms. The molecule has 1 aromatic carbocycles. The van der Waals surface area contributed by atoms with Gasteiger partial charge in [-0.15, -0.1) is 11.3 Å². The number of aryl methyl sites for hydroxylation is 1. The molecule has 0 unspecified atom stereocenters. The first kappa shape index (κ1) is 12.4. The Morgan fingerprint density at radius 3 is 2.84 bits per heavy atom. The lowest BCUT2D eigenvalue weighted by molar-refractivity contribution is 1.10. The second-order valence-corrected chi connectivity index (χ2v) is 6.10. The predicted molar refractivity (Wildman–Crippen MR) is 84.2 cm³/mol. The Hall–Kier alpha value is -1.59. The monoisotopic (exact) mass is 333 g/mol. The first-order valence-electron chi connectivity index (χ1n) is 5.81. The standard InChI is InChI=1S/C14H12BrN3S/c1-8-4-5-9(7-10(8)15)13-12(14(16)18-17-13)11-3-2-6-19-11/h2-7H,1H3,(H3,16,17,18). The number of rotatable bonds is 2. The zero-order valence-electron chi connectivity index (χ0n) is 10.3. The summed E-state index contributed by atoms with van der Waals surface area (Å²) in [7, 11) is 0. The van der Waals surface area contributed by atoms with Crippen molar-refractivity contribution in [2.24, 2.45) is 0 Å². The second-order valence-electron chi connectivity index (χ2n) is 4.30. The smallest absolute Gasteiger partial charge is 0.154 e. The number of nitrogens with two attached hydrogens (primary N) is 1. The van der Waals surface area contributed by atoms with Crippen molar-refractivity contribution >= 4 is 33.1 Å². The fourth-order valence-electron chi connectivity index (χ4n) is 1.98. The van der Waals surface area contributed by atoms with E-state index in [9.17, 15) is 0 Å². The zero-order chi connectivity index (χ0) is 13.4. The van der Waals surface area contributed by atoms with E-state index in [2.05, 4.69) is 57.3 Å². The number of hydrogen-bond donors (Lipinski definition) is 2. The Morgan fingerprint density at radius 2 is 2.16 bits per heavy atom. The first-order valence-corrected chi connectivity index (χ1v) is 7.48. The highest BCUT2D eigenvalue weighted by atomic mass is 79.9. The maximum absolute atomic E-state index is 5.99. The third-order valence-electron chi connectivity index (χ3n) is 3.02. The fraction of sp³-hybridized carbons (Fsp3) is 0.0714. The number of H-pyrrole nitrogens is 1. The van der Waals surface area contributed by atoms with Crippen molar-refractivity contribution in [2.45, 2.75) is 6.92 Å². The second kappa shape index (κ2) is 4.83. The molecule has 2 heterocycles. The van der Waals surface area contributed by atoms with Crippen LogP contribution in [0.3, 0.4) is 0 Å². The van der Waals surface area contributed by atoms with Crippen molar-refractivity contribution < 1.29 is 0 Å². The van der Waals surface area contributed by atoms with Crippen LogP contribution >= 0.6 is 27.3 Å². The van der Waals surface area contributed by atoms with Crippen molar-refractivity contribution in [1.29, 1.82) is 0 Å². The average molecular weight is 334 g/mol. The van der Waals surface area contributed by atoms with Gasteiger partial charge in [-0.25, -0.2) is 0 Å². The van der Waals surface area contributed by atoms with Crippen LogP contribution in [0, 0.1) is 6.92 Å². The molecule has 3 nitrogen and oxygen atoms in total. The van der Waals surface area contributed by atoms with Crippen LogP contribution in [0.2, 0.25) is 0 Å². The highest BCUT2D eigenvalue weighted by molar-refractivity contribution is 9.10. The summed E-state index contributed by atoms with van der Waals surface area (Å²) >= 11 is 5.22. The van der Waals surface area contributed by atoms with Gasteiger partial charge in [-0.1, -0.05) is 34.1 Å². The lowest BCUT2D eigenvalue weighted by Gasteiger charge is -2.05. The largest absolute Gasteiger partial charge is 0.382 e. The van der Waals surface area contributed by atoms with Crippen molar-refractivity contribution in [2.75, 3.05) is 5.73 Å². The Balaban J connectivity index is 2.18. The summed E-state index contributed by atoms with van der Waals surface area (Å²) < 4.78 is 1.08. The third kappa shape index (κ3) is 2.19. The van der Waals surface area contributed by atoms with Gasteiger partial charge in [-0.05, 0) is 30.0 Å². The number of benzene rings is 1. The maximum atomic E-state index is 5.99. The van der Waals surface area contributed by atoms with Gasteiger partial charge in [0.05, 0.1) is 11.3 Å². The third-order valence-corrected chi connectivity index (χ3v) is 4.76. The number of aromatic amines is 1. The van der Waals surface area contributed by atoms with E-state index in [0.29, 0.717) is 5.82 Å². The molecule has 0 saturated heterocycles. The van der Waals surface area contributed by atoms with Crippen molar-refractivity contribution in [3.05, 3.63) is 45.7 Å². The molecule has 3 N–H and O–H groups in total. The molecular formula is C14H12BrN3S. The van der Waals surface area contributed by atoms with Gasteiger partial charge in [0.25, 0.3) is 0 Å². The minimum atomic E-state index is 0.536. The zero-order valence-corrected chi connectivity index (χ0v) is 12.7. The molecule has 0 radical (unpaired) electrons. The van der Waals surface area contributed by atoms with E-state index in [1.165, 1.54) is 5.56 Å². The summed E-state index contributed by atoms with van der Waals surface area (Å²) in [4.78, 5) is 1.12. The molecule has 2 aromatic heterocycles. The number of nitrogens with zero attached hydrogens (tertiary/aromatic N) is 1. The normalized spacial score (nSPS) is 10.8. The van der Waals surface area contributed by atoms with Gasteiger partial charge in [0, 0.05) is 14.9 Å². The van der Waals surface area contributed by atoms with Crippen LogP contribution < -0.4 is 5.73 Å². The molecule has 0 aliphatic rings. The van der Waals surface area contributed by atoms with Crippen LogP contribution in [0.25, 0.3) is 21.7 Å². The van der Waals surface area contributed by atoms with Crippen molar-refractivity contribution in [3.63, 3.8) is 0 Å². The van der Waals surface area contributed by atoms with Crippen LogP contribution in [-0.2, 0) is 0 Å². The van der Waals surface area contributed by atoms with E-state index in [1.54, 1.807) is 11.3 Å². The first-order chi connectivity index (χ1) is 9.16. The molecule has 5 heteroatoms. The Morgan fingerprint density at radius 1 is 1.32 bits per heavy atom. The summed E-state index contributed by atoms with van der Waals surface area (Å²) in [6.07, 6.45) is 0. The summed E-state index contributed by atoms with van der Waals surface area (Å²) in [5.74, 6) is 0.536. The molecule has 0 amide bonds. The summed E-state index contributed by atoms with van der Waals surface area (Å²) in [6.45, 7) is 2.06. The van der Waals surface area contributed by atoms with E-state index < -0.39 is 0 Å². The molecule has 0 bridgehead atoms. The lowest BCUT2D eigenvalue weighted by Crippen LogP contribution is -1.87. The molecule has 0 saturated carbocycles. The van der Waals surface area contributed by atoms with E-state index in [-0.39, 0.29) is 0 Å². The Kier molecular flexibility index (Phi) is 3.16. The number of aromatic nitrogens is 2. The number of hydrogen-bond acceptors (Lipinski definition) is 3. The molecule has 0 atom stereocenters. The Bertz CT molecular complexity index is 716. The lowest BCUT2D eigenvalue weighted by atomic mass is 10.0. The average Bonchev–Trinajstić information content (AvgIpc) is 3.01. The summed E-state index contributed by atoms with van der Waals surface area (Å²) in [5.41, 5.74) is 10.2. The number of halogens is 1. The highest BCUT2D eigenvalue weighted by Gasteiger charge is 2.15. The van der Waals surface area contributed by atoms with Gasteiger partial charge in [0.1, 0.15) is 0 Å². The van der Waals surface area contributed by atoms with Crippen molar-refractivity contribution in [3.8, 4) is 21.7 Å². The molecule has 3 aromatic rings. The van der Waals surface area contributed by atoms with Gasteiger partial charge in [-0.3, -0.25) is 5.10 Å². The van der Waals surface area contributed by atoms with Crippen molar-refractivity contribution in [1.82, 2.24) is 10.2 Å². The summed E-state index contributed by atoms with van der Waals surface area (Å²) in [6, 6.07) is 10.3. The van der Waals surface area contributed by atoms with Gasteiger partial charge < -0.3 is 5.73 Å². The van der Waals surface area contributed by atoms with E-state index in [4.69, 9.17) is 5.73 Å². The maximum Gasteiger partial charge on any atom is 0.154 e. The molecule has 0 aliphatic heterocycles. The molecule has 0 aliphatic carbocycles. The number of nitrogen functional groups attached to an aromatic ring is 1. The van der Waals surface area contributed by atoms with Gasteiger partial charge in [-0.2, -0.15) is 5.10 Å². The van der Waals surface area contributed by atoms with Crippen LogP contribution in [0.5, 0.6) is 0 Å². The SMILES string of the molecule is Cc1ccc(-c2[nH]nc(N)c2-c2cccs2)cc1Br. The van der Waals surface area contributed by atoms with Crippen LogP contribution in [0.15, 0.2) is 40.2 Å². The van der Waals surface area contributed by atoms with E-state index in [1.807, 2.05) is 11.4 Å². The van der Waals surface area contributed by atoms with E-state index >= 15 is 0 Å². The van der Waals surface area contributed by atoms with Gasteiger partial charge in [0.2, 0.25) is 0 Å².